The Morgan fingerprint density at radius 3 is 2.38 bits per heavy atom. The minimum atomic E-state index is -4.48. The van der Waals surface area contributed by atoms with Gasteiger partial charge in [-0.25, -0.2) is 9.78 Å². The SMILES string of the molecule is Cc1nc(C2(O)CCCC2)sc1-c1ccc(NC(=O)Nc2cccc(C(F)(F)F)c2)cc1. The van der Waals surface area contributed by atoms with Crippen molar-refractivity contribution in [1.82, 2.24) is 4.98 Å². The van der Waals surface area contributed by atoms with Crippen molar-refractivity contribution in [2.75, 3.05) is 10.6 Å². The Morgan fingerprint density at radius 2 is 1.72 bits per heavy atom. The van der Waals surface area contributed by atoms with Crippen molar-refractivity contribution in [2.24, 2.45) is 0 Å². The van der Waals surface area contributed by atoms with E-state index in [1.54, 1.807) is 12.1 Å². The number of amides is 2. The van der Waals surface area contributed by atoms with Gasteiger partial charge in [0.15, 0.2) is 0 Å². The predicted octanol–water partition coefficient (Wildman–Crippen LogP) is 6.54. The van der Waals surface area contributed by atoms with Gasteiger partial charge in [0.05, 0.1) is 16.1 Å². The van der Waals surface area contributed by atoms with Crippen LogP contribution in [-0.4, -0.2) is 16.1 Å². The van der Waals surface area contributed by atoms with Crippen LogP contribution in [0.25, 0.3) is 10.4 Å². The number of hydrogen-bond donors (Lipinski definition) is 3. The highest BCUT2D eigenvalue weighted by atomic mass is 32.1. The summed E-state index contributed by atoms with van der Waals surface area (Å²) in [4.78, 5) is 17.7. The number of hydrogen-bond acceptors (Lipinski definition) is 4. The molecule has 0 radical (unpaired) electrons. The summed E-state index contributed by atoms with van der Waals surface area (Å²) in [6.07, 6.45) is -1.04. The average molecular weight is 462 g/mol. The third-order valence-electron chi connectivity index (χ3n) is 5.48. The zero-order valence-corrected chi connectivity index (χ0v) is 18.1. The molecule has 1 aliphatic carbocycles. The zero-order chi connectivity index (χ0) is 22.9. The van der Waals surface area contributed by atoms with E-state index >= 15 is 0 Å². The molecule has 32 heavy (non-hydrogen) atoms. The van der Waals surface area contributed by atoms with Gasteiger partial charge in [-0.3, -0.25) is 0 Å². The molecule has 9 heteroatoms. The summed E-state index contributed by atoms with van der Waals surface area (Å²) in [6.45, 7) is 1.91. The minimum absolute atomic E-state index is 0.0478. The Labute approximate surface area is 187 Å². The second-order valence-corrected chi connectivity index (χ2v) is 8.91. The van der Waals surface area contributed by atoms with Gasteiger partial charge in [-0.1, -0.05) is 31.0 Å². The maximum absolute atomic E-state index is 12.8. The van der Waals surface area contributed by atoms with Gasteiger partial charge in [0.2, 0.25) is 0 Å². The van der Waals surface area contributed by atoms with Crippen molar-refractivity contribution in [2.45, 2.75) is 44.4 Å². The van der Waals surface area contributed by atoms with E-state index in [-0.39, 0.29) is 5.69 Å². The normalized spacial score (nSPS) is 15.5. The number of urea groups is 1. The van der Waals surface area contributed by atoms with Crippen molar-refractivity contribution >= 4 is 28.7 Å². The molecule has 3 N–H and O–H groups in total. The minimum Gasteiger partial charge on any atom is -0.383 e. The van der Waals surface area contributed by atoms with Crippen LogP contribution in [-0.2, 0) is 11.8 Å². The number of alkyl halides is 3. The lowest BCUT2D eigenvalue weighted by molar-refractivity contribution is -0.137. The Kier molecular flexibility index (Phi) is 5.96. The van der Waals surface area contributed by atoms with Crippen LogP contribution in [0.5, 0.6) is 0 Å². The monoisotopic (exact) mass is 461 g/mol. The van der Waals surface area contributed by atoms with Crippen molar-refractivity contribution in [3.63, 3.8) is 0 Å². The van der Waals surface area contributed by atoms with Crippen LogP contribution >= 0.6 is 11.3 Å². The Hall–Kier alpha value is -2.91. The number of anilines is 2. The number of aromatic nitrogens is 1. The van der Waals surface area contributed by atoms with Crippen LogP contribution in [0.2, 0.25) is 0 Å². The molecule has 0 aliphatic heterocycles. The van der Waals surface area contributed by atoms with Gasteiger partial charge in [0.25, 0.3) is 0 Å². The predicted molar refractivity (Wildman–Crippen MR) is 119 cm³/mol. The largest absolute Gasteiger partial charge is 0.416 e. The first-order valence-corrected chi connectivity index (χ1v) is 11.0. The first-order chi connectivity index (χ1) is 15.1. The van der Waals surface area contributed by atoms with Gasteiger partial charge in [0.1, 0.15) is 10.6 Å². The van der Waals surface area contributed by atoms with E-state index in [2.05, 4.69) is 15.6 Å². The van der Waals surface area contributed by atoms with E-state index < -0.39 is 23.4 Å². The van der Waals surface area contributed by atoms with E-state index in [0.717, 1.165) is 59.0 Å². The number of nitrogens with one attached hydrogen (secondary N) is 2. The molecular formula is C23H22F3N3O2S. The molecule has 1 aromatic heterocycles. The number of rotatable bonds is 4. The first kappa shape index (κ1) is 22.3. The average Bonchev–Trinajstić information content (AvgIpc) is 3.35. The maximum atomic E-state index is 12.8. The molecule has 0 saturated heterocycles. The molecule has 0 bridgehead atoms. The van der Waals surface area contributed by atoms with Gasteiger partial charge in [0, 0.05) is 11.4 Å². The van der Waals surface area contributed by atoms with Crippen LogP contribution in [0.3, 0.4) is 0 Å². The summed E-state index contributed by atoms with van der Waals surface area (Å²) >= 11 is 1.48. The molecule has 2 amide bonds. The summed E-state index contributed by atoms with van der Waals surface area (Å²) in [7, 11) is 0. The van der Waals surface area contributed by atoms with E-state index in [1.807, 2.05) is 19.1 Å². The van der Waals surface area contributed by atoms with E-state index in [1.165, 1.54) is 23.5 Å². The summed E-state index contributed by atoms with van der Waals surface area (Å²) in [5, 5.41) is 16.6. The third kappa shape index (κ3) is 4.78. The van der Waals surface area contributed by atoms with Gasteiger partial charge in [-0.05, 0) is 55.7 Å². The van der Waals surface area contributed by atoms with E-state index in [9.17, 15) is 23.1 Å². The zero-order valence-electron chi connectivity index (χ0n) is 17.3. The number of aliphatic hydroxyl groups is 1. The van der Waals surface area contributed by atoms with Crippen molar-refractivity contribution in [1.29, 1.82) is 0 Å². The van der Waals surface area contributed by atoms with Gasteiger partial charge in [-0.15, -0.1) is 11.3 Å². The number of benzene rings is 2. The molecule has 168 valence electrons. The highest BCUT2D eigenvalue weighted by Crippen LogP contribution is 2.43. The molecule has 1 heterocycles. The number of halogens is 3. The highest BCUT2D eigenvalue weighted by Gasteiger charge is 2.36. The van der Waals surface area contributed by atoms with Crippen molar-refractivity contribution in [3.05, 3.63) is 64.8 Å². The molecular weight excluding hydrogens is 439 g/mol. The Bertz CT molecular complexity index is 1120. The summed E-state index contributed by atoms with van der Waals surface area (Å²) in [5.74, 6) is 0. The maximum Gasteiger partial charge on any atom is 0.416 e. The van der Waals surface area contributed by atoms with Gasteiger partial charge < -0.3 is 15.7 Å². The Morgan fingerprint density at radius 1 is 1.06 bits per heavy atom. The smallest absolute Gasteiger partial charge is 0.383 e. The van der Waals surface area contributed by atoms with Crippen LogP contribution in [0.1, 0.15) is 41.9 Å². The third-order valence-corrected chi connectivity index (χ3v) is 6.88. The summed E-state index contributed by atoms with van der Waals surface area (Å²) in [6, 6.07) is 10.9. The van der Waals surface area contributed by atoms with Crippen LogP contribution in [0, 0.1) is 6.92 Å². The lowest BCUT2D eigenvalue weighted by atomic mass is 10.0. The number of carbonyl (C=O) groups excluding carboxylic acids is 1. The van der Waals surface area contributed by atoms with Crippen LogP contribution in [0.4, 0.5) is 29.3 Å². The second kappa shape index (κ2) is 8.55. The number of aryl methyl sites for hydroxylation is 1. The van der Waals surface area contributed by atoms with E-state index in [0.29, 0.717) is 5.69 Å². The first-order valence-electron chi connectivity index (χ1n) is 10.2. The van der Waals surface area contributed by atoms with Gasteiger partial charge in [-0.2, -0.15) is 13.2 Å². The Balaban J connectivity index is 1.43. The molecule has 3 aromatic rings. The van der Waals surface area contributed by atoms with Crippen LogP contribution < -0.4 is 10.6 Å². The topological polar surface area (TPSA) is 74.2 Å². The molecule has 1 saturated carbocycles. The molecule has 0 atom stereocenters. The molecule has 1 fully saturated rings. The van der Waals surface area contributed by atoms with Crippen molar-refractivity contribution < 1.29 is 23.1 Å². The quantitative estimate of drug-likeness (QED) is 0.413. The fourth-order valence-electron chi connectivity index (χ4n) is 3.81. The molecule has 1 aliphatic rings. The fourth-order valence-corrected chi connectivity index (χ4v) is 5.03. The molecule has 4 rings (SSSR count). The van der Waals surface area contributed by atoms with Crippen molar-refractivity contribution in [3.8, 4) is 10.4 Å². The second-order valence-electron chi connectivity index (χ2n) is 7.91. The fraction of sp³-hybridized carbons (Fsp3) is 0.304. The number of carbonyl (C=O) groups is 1. The van der Waals surface area contributed by atoms with Crippen LogP contribution in [0.15, 0.2) is 48.5 Å². The lowest BCUT2D eigenvalue weighted by Gasteiger charge is -2.18. The number of nitrogens with zero attached hydrogens (tertiary/aromatic N) is 1. The number of thiazole rings is 1. The molecule has 2 aromatic carbocycles. The van der Waals surface area contributed by atoms with Gasteiger partial charge >= 0.3 is 12.2 Å². The standard InChI is InChI=1S/C23H22F3N3O2S/c1-14-19(32-20(27-14)22(31)11-2-3-12-22)15-7-9-17(10-8-15)28-21(30)29-18-6-4-5-16(13-18)23(24,25)26/h4-10,13,31H,2-3,11-12H2,1H3,(H2,28,29,30). The highest BCUT2D eigenvalue weighted by molar-refractivity contribution is 7.15. The lowest BCUT2D eigenvalue weighted by Crippen LogP contribution is -2.20. The molecule has 0 spiro atoms. The molecule has 5 nitrogen and oxygen atoms in total. The van der Waals surface area contributed by atoms with E-state index in [4.69, 9.17) is 0 Å². The summed E-state index contributed by atoms with van der Waals surface area (Å²) < 4.78 is 38.5. The summed E-state index contributed by atoms with van der Waals surface area (Å²) in [5.41, 5.74) is 0.629. The molecule has 0 unspecified atom stereocenters.